The second-order valence-corrected chi connectivity index (χ2v) is 5.71. The third kappa shape index (κ3) is 3.44. The molecule has 1 heterocycles. The van der Waals surface area contributed by atoms with Crippen LogP contribution in [-0.2, 0) is 9.53 Å². The van der Waals surface area contributed by atoms with Gasteiger partial charge >= 0.3 is 12.1 Å². The molecular formula is C18H12F3NO4. The predicted octanol–water partition coefficient (Wildman–Crippen LogP) is 4.47. The van der Waals surface area contributed by atoms with Gasteiger partial charge in [0.15, 0.2) is 0 Å². The molecule has 0 N–H and O–H groups in total. The van der Waals surface area contributed by atoms with E-state index in [0.717, 1.165) is 6.08 Å². The van der Waals surface area contributed by atoms with Crippen molar-refractivity contribution in [3.05, 3.63) is 87.7 Å². The van der Waals surface area contributed by atoms with Crippen LogP contribution >= 0.6 is 0 Å². The molecule has 0 fully saturated rings. The van der Waals surface area contributed by atoms with Gasteiger partial charge in [0.1, 0.15) is 0 Å². The Morgan fingerprint density at radius 3 is 2.12 bits per heavy atom. The minimum Gasteiger partial charge on any atom is -0.421 e. The van der Waals surface area contributed by atoms with Crippen molar-refractivity contribution in [3.63, 3.8) is 0 Å². The second-order valence-electron chi connectivity index (χ2n) is 5.71. The maximum Gasteiger partial charge on any atom is 0.449 e. The molecule has 0 amide bonds. The van der Waals surface area contributed by atoms with Gasteiger partial charge in [-0.05, 0) is 17.2 Å². The highest BCUT2D eigenvalue weighted by atomic mass is 19.4. The van der Waals surface area contributed by atoms with E-state index in [1.807, 2.05) is 0 Å². The maximum absolute atomic E-state index is 13.1. The number of cyclic esters (lactones) is 1. The van der Waals surface area contributed by atoms with Crippen molar-refractivity contribution in [1.29, 1.82) is 0 Å². The number of carbonyl (C=O) groups excluding carboxylic acids is 1. The smallest absolute Gasteiger partial charge is 0.421 e. The van der Waals surface area contributed by atoms with E-state index in [-0.39, 0.29) is 5.69 Å². The molecule has 0 saturated carbocycles. The number of hydrogen-bond donors (Lipinski definition) is 0. The minimum absolute atomic E-state index is 0.191. The molecule has 0 aromatic heterocycles. The first-order valence-corrected chi connectivity index (χ1v) is 7.57. The highest BCUT2D eigenvalue weighted by molar-refractivity contribution is 5.82. The molecule has 1 aliphatic heterocycles. The molecule has 5 nitrogen and oxygen atoms in total. The zero-order chi connectivity index (χ0) is 18.9. The fourth-order valence-electron chi connectivity index (χ4n) is 2.87. The molecule has 0 radical (unpaired) electrons. The number of nitro groups is 1. The van der Waals surface area contributed by atoms with Crippen LogP contribution < -0.4 is 0 Å². The van der Waals surface area contributed by atoms with Crippen LogP contribution in [0.25, 0.3) is 0 Å². The Hall–Kier alpha value is -3.16. The lowest BCUT2D eigenvalue weighted by atomic mass is 9.79. The summed E-state index contributed by atoms with van der Waals surface area (Å²) in [5, 5.41) is 10.8. The zero-order valence-electron chi connectivity index (χ0n) is 13.1. The molecule has 2 aromatic carbocycles. The Labute approximate surface area is 145 Å². The van der Waals surface area contributed by atoms with Crippen molar-refractivity contribution in [2.24, 2.45) is 0 Å². The van der Waals surface area contributed by atoms with Gasteiger partial charge in [-0.15, -0.1) is 0 Å². The second kappa shape index (κ2) is 6.62. The van der Waals surface area contributed by atoms with Gasteiger partial charge in [0.25, 0.3) is 5.69 Å². The molecule has 0 unspecified atom stereocenters. The van der Waals surface area contributed by atoms with Gasteiger partial charge in [0, 0.05) is 18.1 Å². The molecule has 3 rings (SSSR count). The van der Waals surface area contributed by atoms with Crippen molar-refractivity contribution < 1.29 is 27.6 Å². The Bertz CT molecular complexity index is 860. The average molecular weight is 363 g/mol. The summed E-state index contributed by atoms with van der Waals surface area (Å²) >= 11 is 0. The first-order valence-electron chi connectivity index (χ1n) is 7.57. The Balaban J connectivity index is 2.10. The Morgan fingerprint density at radius 2 is 1.58 bits per heavy atom. The summed E-state index contributed by atoms with van der Waals surface area (Å²) in [6.45, 7) is 0. The van der Waals surface area contributed by atoms with E-state index in [1.165, 1.54) is 24.3 Å². The van der Waals surface area contributed by atoms with E-state index in [9.17, 15) is 28.1 Å². The van der Waals surface area contributed by atoms with Crippen molar-refractivity contribution in [3.8, 4) is 0 Å². The molecule has 26 heavy (non-hydrogen) atoms. The number of non-ortho nitro benzene ring substituents is 1. The number of nitrogens with zero attached hydrogens (tertiary/aromatic N) is 1. The minimum atomic E-state index is -4.81. The average Bonchev–Trinajstić information content (AvgIpc) is 2.61. The standard InChI is InChI=1S/C18H12F3NO4/c19-18(20,21)15-10-14(11-6-8-13(9-7-11)22(24)25)16(17(23)26-15)12-4-2-1-3-5-12/h1-10,14,16H/t14-,16-/m0/s1. The van der Waals surface area contributed by atoms with E-state index in [4.69, 9.17) is 0 Å². The van der Waals surface area contributed by atoms with E-state index in [1.54, 1.807) is 30.3 Å². The van der Waals surface area contributed by atoms with E-state index in [0.29, 0.717) is 11.1 Å². The van der Waals surface area contributed by atoms with Crippen molar-refractivity contribution in [1.82, 2.24) is 0 Å². The van der Waals surface area contributed by atoms with Crippen LogP contribution in [0.2, 0.25) is 0 Å². The lowest BCUT2D eigenvalue weighted by molar-refractivity contribution is -0.384. The number of allylic oxidation sites excluding steroid dienone is 2. The van der Waals surface area contributed by atoms with E-state index in [2.05, 4.69) is 4.74 Å². The van der Waals surface area contributed by atoms with Crippen LogP contribution in [0, 0.1) is 10.1 Å². The highest BCUT2D eigenvalue weighted by Gasteiger charge is 2.45. The van der Waals surface area contributed by atoms with E-state index < -0.39 is 34.7 Å². The van der Waals surface area contributed by atoms with Crippen LogP contribution in [-0.4, -0.2) is 17.1 Å². The molecule has 0 saturated heterocycles. The number of halogens is 3. The topological polar surface area (TPSA) is 69.4 Å². The van der Waals surface area contributed by atoms with Crippen molar-refractivity contribution in [2.75, 3.05) is 0 Å². The molecular weight excluding hydrogens is 351 g/mol. The molecule has 0 aliphatic carbocycles. The SMILES string of the molecule is O=C1OC(C(F)(F)F)=C[C@@H](c2ccc([N+](=O)[O-])cc2)[C@@H]1c1ccccc1. The normalized spacial score (nSPS) is 20.3. The molecule has 8 heteroatoms. The zero-order valence-corrected chi connectivity index (χ0v) is 13.1. The van der Waals surface area contributed by atoms with Crippen LogP contribution in [0.4, 0.5) is 18.9 Å². The number of rotatable bonds is 3. The van der Waals surface area contributed by atoms with Crippen molar-refractivity contribution >= 4 is 11.7 Å². The number of benzene rings is 2. The first kappa shape index (κ1) is 17.7. The summed E-state index contributed by atoms with van der Waals surface area (Å²) in [5.41, 5.74) is 0.657. The van der Waals surface area contributed by atoms with Crippen LogP contribution in [0.15, 0.2) is 66.4 Å². The summed E-state index contributed by atoms with van der Waals surface area (Å²) in [6, 6.07) is 13.4. The van der Waals surface area contributed by atoms with Gasteiger partial charge < -0.3 is 4.74 Å². The van der Waals surface area contributed by atoms with Crippen LogP contribution in [0.3, 0.4) is 0 Å². The molecule has 134 valence electrons. The number of esters is 1. The molecule has 0 bridgehead atoms. The van der Waals surface area contributed by atoms with Crippen LogP contribution in [0.1, 0.15) is 23.0 Å². The number of carbonyl (C=O) groups is 1. The van der Waals surface area contributed by atoms with Gasteiger partial charge in [-0.25, -0.2) is 0 Å². The quantitative estimate of drug-likeness (QED) is 0.458. The molecule has 2 atom stereocenters. The summed E-state index contributed by atoms with van der Waals surface area (Å²) in [6.07, 6.45) is -3.96. The molecule has 0 spiro atoms. The molecule has 1 aliphatic rings. The van der Waals surface area contributed by atoms with Gasteiger partial charge in [-0.3, -0.25) is 14.9 Å². The third-order valence-electron chi connectivity index (χ3n) is 4.08. The van der Waals surface area contributed by atoms with Gasteiger partial charge in [-0.2, -0.15) is 13.2 Å². The van der Waals surface area contributed by atoms with E-state index >= 15 is 0 Å². The largest absolute Gasteiger partial charge is 0.449 e. The number of nitro benzene ring substituents is 1. The number of alkyl halides is 3. The monoisotopic (exact) mass is 363 g/mol. The van der Waals surface area contributed by atoms with Crippen molar-refractivity contribution in [2.45, 2.75) is 18.0 Å². The maximum atomic E-state index is 13.1. The number of hydrogen-bond acceptors (Lipinski definition) is 4. The van der Waals surface area contributed by atoms with Gasteiger partial charge in [0.05, 0.1) is 10.8 Å². The Morgan fingerprint density at radius 1 is 0.962 bits per heavy atom. The molecule has 2 aromatic rings. The summed E-state index contributed by atoms with van der Waals surface area (Å²) in [4.78, 5) is 22.5. The fourth-order valence-corrected chi connectivity index (χ4v) is 2.87. The lowest BCUT2D eigenvalue weighted by Gasteiger charge is -2.30. The number of ether oxygens (including phenoxy) is 1. The summed E-state index contributed by atoms with van der Waals surface area (Å²) < 4.78 is 43.7. The summed E-state index contributed by atoms with van der Waals surface area (Å²) in [7, 11) is 0. The van der Waals surface area contributed by atoms with Gasteiger partial charge in [0.2, 0.25) is 5.76 Å². The van der Waals surface area contributed by atoms with Gasteiger partial charge in [-0.1, -0.05) is 42.5 Å². The summed E-state index contributed by atoms with van der Waals surface area (Å²) in [5.74, 6) is -4.34. The lowest BCUT2D eigenvalue weighted by Crippen LogP contribution is -2.31. The highest BCUT2D eigenvalue weighted by Crippen LogP contribution is 2.43. The third-order valence-corrected chi connectivity index (χ3v) is 4.08. The van der Waals surface area contributed by atoms with Crippen LogP contribution in [0.5, 0.6) is 0 Å². The Kier molecular flexibility index (Phi) is 4.50. The predicted molar refractivity (Wildman–Crippen MR) is 85.3 cm³/mol. The first-order chi connectivity index (χ1) is 12.3. The fraction of sp³-hybridized carbons (Fsp3) is 0.167.